The highest BCUT2D eigenvalue weighted by atomic mass is 33.1. The van der Waals surface area contributed by atoms with Gasteiger partial charge in [0.1, 0.15) is 60.4 Å². The minimum atomic E-state index is -1.90. The molecule has 12 amide bonds. The molecule has 1 saturated heterocycles. The molecule has 12 atom stereocenters. The van der Waals surface area contributed by atoms with E-state index in [1.54, 1.807) is 91.1 Å². The normalized spacial score (nSPS) is 23.5. The third kappa shape index (κ3) is 26.1. The summed E-state index contributed by atoms with van der Waals surface area (Å²) in [6.45, 7) is 0.960. The lowest BCUT2D eigenvalue weighted by molar-refractivity contribution is -0.142. The summed E-state index contributed by atoms with van der Waals surface area (Å²) in [4.78, 5) is 185. The van der Waals surface area contributed by atoms with Gasteiger partial charge in [0.2, 0.25) is 70.9 Å². The lowest BCUT2D eigenvalue weighted by atomic mass is 10.00. The van der Waals surface area contributed by atoms with Gasteiger partial charge in [0.05, 0.1) is 31.7 Å². The van der Waals surface area contributed by atoms with Gasteiger partial charge in [-0.15, -0.1) is 0 Å². The lowest BCUT2D eigenvalue weighted by Gasteiger charge is -2.29. The van der Waals surface area contributed by atoms with Crippen LogP contribution in [0.4, 0.5) is 0 Å². The van der Waals surface area contributed by atoms with Gasteiger partial charge in [-0.05, 0) is 88.2 Å². The molecule has 34 heteroatoms. The molecule has 2 heterocycles. The average Bonchev–Trinajstić information content (AvgIpc) is 1.78. The van der Waals surface area contributed by atoms with Gasteiger partial charge in [-0.1, -0.05) is 100 Å². The van der Waals surface area contributed by atoms with Gasteiger partial charge in [0.25, 0.3) is 0 Å². The van der Waals surface area contributed by atoms with E-state index >= 15 is 9.59 Å². The zero-order valence-corrected chi connectivity index (χ0v) is 55.3. The molecule has 23 N–H and O–H groups in total. The Labute approximate surface area is 567 Å². The van der Waals surface area contributed by atoms with Crippen LogP contribution in [0.3, 0.4) is 0 Å². The van der Waals surface area contributed by atoms with Crippen molar-refractivity contribution < 1.29 is 77.6 Å². The highest BCUT2D eigenvalue weighted by Crippen LogP contribution is 2.24. The summed E-state index contributed by atoms with van der Waals surface area (Å²) in [6.07, 6.45) is -0.887. The number of rotatable bonds is 23. The van der Waals surface area contributed by atoms with Gasteiger partial charge < -0.3 is 102 Å². The SMILES string of the molecule is CC(N)C(=O)NCC(=O)NC1CSSCC(C(=O)O)NC(=O)C(CO)NC(=O)C(C(C)O)NC(=O)C(CCCCN)NC(=O)C(Cc2c[nH]c3ccccc23)NC(=O)C(Cc2ccccc2)NC(=O)C(Cc2ccccc2)NC(=O)C(CC(N)=O)NC(=O)C(CCCCN)NC1=O. The molecule has 528 valence electrons. The van der Waals surface area contributed by atoms with Crippen molar-refractivity contribution in [2.75, 3.05) is 37.7 Å². The summed E-state index contributed by atoms with van der Waals surface area (Å²) >= 11 is 0. The van der Waals surface area contributed by atoms with Crippen LogP contribution in [-0.2, 0) is 81.6 Å². The molecular formula is C63H88N16O16S2. The van der Waals surface area contributed by atoms with Crippen molar-refractivity contribution in [2.24, 2.45) is 22.9 Å². The van der Waals surface area contributed by atoms with Crippen LogP contribution in [0, 0.1) is 0 Å². The second kappa shape index (κ2) is 40.4. The zero-order chi connectivity index (χ0) is 71.1. The van der Waals surface area contributed by atoms with Crippen LogP contribution in [0.25, 0.3) is 10.9 Å². The number of para-hydroxylation sites is 1. The van der Waals surface area contributed by atoms with Gasteiger partial charge in [0.15, 0.2) is 0 Å². The van der Waals surface area contributed by atoms with E-state index in [-0.39, 0.29) is 58.0 Å². The Hall–Kier alpha value is -9.19. The second-order valence-corrected chi connectivity index (χ2v) is 25.7. The molecule has 5 rings (SSSR count). The number of carbonyl (C=O) groups is 13. The maximum Gasteiger partial charge on any atom is 0.327 e. The Morgan fingerprint density at radius 3 is 1.53 bits per heavy atom. The molecule has 3 aromatic carbocycles. The highest BCUT2D eigenvalue weighted by molar-refractivity contribution is 8.76. The van der Waals surface area contributed by atoms with Crippen LogP contribution < -0.4 is 81.4 Å². The number of unbranched alkanes of at least 4 members (excludes halogenated alkanes) is 2. The molecule has 0 saturated carbocycles. The van der Waals surface area contributed by atoms with E-state index in [1.165, 1.54) is 6.92 Å². The molecule has 0 spiro atoms. The number of aliphatic hydroxyl groups is 2. The van der Waals surface area contributed by atoms with E-state index in [9.17, 15) is 68.1 Å². The lowest BCUT2D eigenvalue weighted by Crippen LogP contribution is -2.62. The summed E-state index contributed by atoms with van der Waals surface area (Å²) in [5.41, 5.74) is 25.1. The van der Waals surface area contributed by atoms with Crippen molar-refractivity contribution in [3.8, 4) is 0 Å². The van der Waals surface area contributed by atoms with Gasteiger partial charge in [-0.25, -0.2) is 4.79 Å². The van der Waals surface area contributed by atoms with E-state index < -0.39 is 180 Å². The monoisotopic (exact) mass is 1390 g/mol. The van der Waals surface area contributed by atoms with Crippen molar-refractivity contribution in [1.29, 1.82) is 0 Å². The number of aromatic amines is 1. The number of hydrogen-bond acceptors (Lipinski definition) is 20. The molecule has 0 aliphatic carbocycles. The number of aliphatic carboxylic acids is 1. The second-order valence-electron chi connectivity index (χ2n) is 23.1. The Kier molecular flexibility index (Phi) is 32.7. The fraction of sp³-hybridized carbons (Fsp3) is 0.476. The topological polar surface area (TPSA) is 535 Å². The van der Waals surface area contributed by atoms with Crippen molar-refractivity contribution in [3.63, 3.8) is 0 Å². The van der Waals surface area contributed by atoms with Crippen LogP contribution in [0.1, 0.15) is 75.5 Å². The number of carboxylic acid groups (broad SMARTS) is 1. The summed E-state index contributed by atoms with van der Waals surface area (Å²) in [7, 11) is 1.57. The maximum atomic E-state index is 15.1. The minimum absolute atomic E-state index is 0.122. The van der Waals surface area contributed by atoms with Crippen LogP contribution in [0.2, 0.25) is 0 Å². The van der Waals surface area contributed by atoms with Gasteiger partial charge in [0, 0.05) is 47.9 Å². The van der Waals surface area contributed by atoms with Gasteiger partial charge in [-0.2, -0.15) is 0 Å². The maximum absolute atomic E-state index is 15.1. The molecule has 0 bridgehead atoms. The van der Waals surface area contributed by atoms with Crippen molar-refractivity contribution in [2.45, 2.75) is 151 Å². The number of primary amides is 1. The van der Waals surface area contributed by atoms with E-state index in [2.05, 4.69) is 63.5 Å². The number of aromatic nitrogens is 1. The van der Waals surface area contributed by atoms with Crippen molar-refractivity contribution in [1.82, 2.24) is 63.5 Å². The number of H-pyrrole nitrogens is 1. The zero-order valence-electron chi connectivity index (χ0n) is 53.7. The van der Waals surface area contributed by atoms with Crippen LogP contribution in [0.15, 0.2) is 91.1 Å². The predicted octanol–water partition coefficient (Wildman–Crippen LogP) is -4.51. The summed E-state index contributed by atoms with van der Waals surface area (Å²) < 4.78 is 0. The summed E-state index contributed by atoms with van der Waals surface area (Å²) in [5.74, 6) is -14.8. The fourth-order valence-electron chi connectivity index (χ4n) is 9.97. The first-order valence-corrected chi connectivity index (χ1v) is 33.9. The highest BCUT2D eigenvalue weighted by Gasteiger charge is 2.38. The standard InChI is InChI=1S/C63H88N16O16S2/c1-34(66)53(84)69-30-51(83)70-48-32-96-97-33-49(63(94)95)78-60(91)47(31-80)77-62(93)52(35(2)81)79-55(86)42(22-12-14-24-65)71-58(89)45(27-38-29-68-40-20-10-9-19-39(38)40)75-57(88)44(26-37-17-7-4-8-18-37)73-56(87)43(25-36-15-5-3-6-16-36)74-59(90)46(28-50(67)82)76-54(85)41(72-61(48)92)21-11-13-23-64/h3-10,15-20,29,34-35,41-49,52,68,80-81H,11-14,21-28,30-33,64-66H2,1-2H3,(H2,67,82)(H,69,84)(H,70,83)(H,71,89)(H,72,92)(H,73,87)(H,74,90)(H,75,88)(H,76,85)(H,77,93)(H,78,91)(H,79,86)(H,94,95). The first-order valence-electron chi connectivity index (χ1n) is 31.5. The number of benzene rings is 3. The first-order chi connectivity index (χ1) is 46.3. The van der Waals surface area contributed by atoms with E-state index in [0.717, 1.165) is 28.5 Å². The number of nitrogens with two attached hydrogens (primary N) is 4. The largest absolute Gasteiger partial charge is 0.480 e. The Balaban J connectivity index is 1.64. The van der Waals surface area contributed by atoms with Crippen molar-refractivity contribution in [3.05, 3.63) is 108 Å². The minimum Gasteiger partial charge on any atom is -0.480 e. The third-order valence-corrected chi connectivity index (χ3v) is 17.7. The Morgan fingerprint density at radius 2 is 1.01 bits per heavy atom. The molecule has 1 fully saturated rings. The summed E-state index contributed by atoms with van der Waals surface area (Å²) in [5, 5.41) is 59.6. The quantitative estimate of drug-likeness (QED) is 0.0246. The molecule has 0 radical (unpaired) electrons. The van der Waals surface area contributed by atoms with Gasteiger partial charge in [-0.3, -0.25) is 57.5 Å². The third-order valence-electron chi connectivity index (χ3n) is 15.3. The van der Waals surface area contributed by atoms with Crippen LogP contribution >= 0.6 is 21.6 Å². The number of amides is 12. The Bertz CT molecular complexity index is 3350. The number of carbonyl (C=O) groups excluding carboxylic acids is 12. The van der Waals surface area contributed by atoms with Crippen LogP contribution in [0.5, 0.6) is 0 Å². The molecule has 4 aromatic rings. The van der Waals surface area contributed by atoms with Crippen LogP contribution in [-0.4, -0.2) is 207 Å². The molecular weight excluding hydrogens is 1300 g/mol. The van der Waals surface area contributed by atoms with E-state index in [0.29, 0.717) is 40.4 Å². The van der Waals surface area contributed by atoms with E-state index in [1.807, 2.05) is 0 Å². The molecule has 12 unspecified atom stereocenters. The van der Waals surface area contributed by atoms with Crippen molar-refractivity contribution >= 4 is 109 Å². The molecule has 1 aromatic heterocycles. The Morgan fingerprint density at radius 1 is 0.557 bits per heavy atom. The number of nitrogens with one attached hydrogen (secondary N) is 12. The van der Waals surface area contributed by atoms with E-state index in [4.69, 9.17) is 22.9 Å². The predicted molar refractivity (Wildman–Crippen MR) is 359 cm³/mol. The number of carboxylic acids is 1. The fourth-order valence-corrected chi connectivity index (χ4v) is 12.3. The number of fused-ring (bicyclic) bond motifs is 1. The first kappa shape index (κ1) is 78.5. The smallest absolute Gasteiger partial charge is 0.327 e. The summed E-state index contributed by atoms with van der Waals surface area (Å²) in [6, 6.07) is 6.02. The molecule has 1 aliphatic rings. The molecule has 32 nitrogen and oxygen atoms in total. The number of hydrogen-bond donors (Lipinski definition) is 19. The number of aliphatic hydroxyl groups excluding tert-OH is 2. The molecule has 1 aliphatic heterocycles. The molecule has 97 heavy (non-hydrogen) atoms. The van der Waals surface area contributed by atoms with Gasteiger partial charge >= 0.3 is 5.97 Å². The average molecular weight is 1390 g/mol.